The topological polar surface area (TPSA) is 30.0 Å². The fourth-order valence-electron chi connectivity index (χ4n) is 7.22. The highest BCUT2D eigenvalue weighted by molar-refractivity contribution is 5.52. The Kier molecular flexibility index (Phi) is 10.8. The largest absolute Gasteiger partial charge is 0.508 e. The molecule has 2 saturated heterocycles. The Morgan fingerprint density at radius 2 is 1.61 bits per heavy atom. The number of halogens is 3. The van der Waals surface area contributed by atoms with E-state index in [2.05, 4.69) is 16.4 Å². The number of piperidine rings is 1. The lowest BCUT2D eigenvalue weighted by molar-refractivity contribution is 0.0876. The van der Waals surface area contributed by atoms with Gasteiger partial charge in [-0.2, -0.15) is 0 Å². The van der Waals surface area contributed by atoms with Crippen molar-refractivity contribution < 1.29 is 18.3 Å². The summed E-state index contributed by atoms with van der Waals surface area (Å²) in [4.78, 5) is 6.42. The number of hydrogen-bond acceptors (Lipinski definition) is 4. The second kappa shape index (κ2) is 14.1. The summed E-state index contributed by atoms with van der Waals surface area (Å²) >= 11 is 0. The van der Waals surface area contributed by atoms with Gasteiger partial charge in [-0.1, -0.05) is 26.0 Å². The fraction of sp³-hybridized carbons (Fsp3) is 0.588. The molecule has 0 aliphatic carbocycles. The maximum Gasteiger partial charge on any atom is 0.133 e. The third kappa shape index (κ3) is 7.29. The van der Waals surface area contributed by atoms with Crippen LogP contribution in [0, 0.1) is 17.0 Å². The van der Waals surface area contributed by atoms with Crippen LogP contribution in [0.25, 0.3) is 0 Å². The molecule has 226 valence electrons. The van der Waals surface area contributed by atoms with E-state index < -0.39 is 23.8 Å². The van der Waals surface area contributed by atoms with E-state index in [1.807, 2.05) is 24.8 Å². The Balaban J connectivity index is 0.00000189. The first-order chi connectivity index (χ1) is 19.8. The molecule has 3 aliphatic heterocycles. The molecular weight excluding hydrogens is 523 g/mol. The van der Waals surface area contributed by atoms with Crippen LogP contribution in [0.3, 0.4) is 0 Å². The van der Waals surface area contributed by atoms with Crippen molar-refractivity contribution in [1.82, 2.24) is 9.80 Å². The van der Waals surface area contributed by atoms with Gasteiger partial charge in [-0.3, -0.25) is 9.80 Å². The predicted molar refractivity (Wildman–Crippen MR) is 162 cm³/mol. The zero-order valence-corrected chi connectivity index (χ0v) is 25.1. The Morgan fingerprint density at radius 1 is 0.976 bits per heavy atom. The molecular formula is C34H48F3N3O. The number of aromatic hydroxyl groups is 1. The maximum absolute atomic E-state index is 15.9. The van der Waals surface area contributed by atoms with Gasteiger partial charge in [0.15, 0.2) is 0 Å². The van der Waals surface area contributed by atoms with Crippen molar-refractivity contribution >= 4 is 5.69 Å². The van der Waals surface area contributed by atoms with Crippen LogP contribution in [0.5, 0.6) is 5.75 Å². The van der Waals surface area contributed by atoms with Gasteiger partial charge in [0, 0.05) is 44.0 Å². The van der Waals surface area contributed by atoms with Crippen molar-refractivity contribution in [1.29, 1.82) is 0 Å². The SMILES string of the molecule is C=CCN1CCC2(CCCN(c3cc(F)c(C4c5ccc(O)cc5CCN4CC(C)F)c(F)c3)CCC2)CC1.CC. The van der Waals surface area contributed by atoms with Gasteiger partial charge in [-0.05, 0) is 106 Å². The lowest BCUT2D eigenvalue weighted by atomic mass is 9.71. The Morgan fingerprint density at radius 3 is 2.20 bits per heavy atom. The monoisotopic (exact) mass is 571 g/mol. The van der Waals surface area contributed by atoms with Crippen LogP contribution in [0.1, 0.15) is 82.0 Å². The minimum Gasteiger partial charge on any atom is -0.508 e. The van der Waals surface area contributed by atoms with E-state index in [1.165, 1.54) is 38.0 Å². The van der Waals surface area contributed by atoms with E-state index >= 15 is 8.78 Å². The number of nitrogens with zero attached hydrogens (tertiary/aromatic N) is 3. The summed E-state index contributed by atoms with van der Waals surface area (Å²) in [7, 11) is 0. The van der Waals surface area contributed by atoms with Gasteiger partial charge < -0.3 is 10.0 Å². The number of rotatable bonds is 6. The van der Waals surface area contributed by atoms with Crippen molar-refractivity contribution in [3.8, 4) is 5.75 Å². The molecule has 2 aromatic carbocycles. The summed E-state index contributed by atoms with van der Waals surface area (Å²) < 4.78 is 45.8. The first-order valence-electron chi connectivity index (χ1n) is 15.6. The molecule has 2 unspecified atom stereocenters. The molecule has 0 radical (unpaired) electrons. The first-order valence-corrected chi connectivity index (χ1v) is 15.6. The lowest BCUT2D eigenvalue weighted by Crippen LogP contribution is -2.42. The summed E-state index contributed by atoms with van der Waals surface area (Å²) in [5.74, 6) is -1.07. The van der Waals surface area contributed by atoms with Crippen molar-refractivity contribution in [2.75, 3.05) is 50.7 Å². The number of anilines is 1. The van der Waals surface area contributed by atoms with E-state index in [0.29, 0.717) is 24.1 Å². The Labute approximate surface area is 244 Å². The van der Waals surface area contributed by atoms with Gasteiger partial charge in [0.05, 0.1) is 6.04 Å². The molecule has 3 heterocycles. The third-order valence-electron chi connectivity index (χ3n) is 9.22. The summed E-state index contributed by atoms with van der Waals surface area (Å²) in [5, 5.41) is 9.97. The number of benzene rings is 2. The molecule has 0 bridgehead atoms. The highest BCUT2D eigenvalue weighted by Crippen LogP contribution is 2.43. The van der Waals surface area contributed by atoms with Crippen LogP contribution in [0.2, 0.25) is 0 Å². The predicted octanol–water partition coefficient (Wildman–Crippen LogP) is 7.65. The molecule has 4 nitrogen and oxygen atoms in total. The summed E-state index contributed by atoms with van der Waals surface area (Å²) in [5.41, 5.74) is 2.50. The molecule has 1 spiro atoms. The van der Waals surface area contributed by atoms with Gasteiger partial charge in [0.25, 0.3) is 0 Å². The third-order valence-corrected chi connectivity index (χ3v) is 9.22. The molecule has 0 saturated carbocycles. The second-order valence-corrected chi connectivity index (χ2v) is 11.9. The average molecular weight is 572 g/mol. The zero-order valence-electron chi connectivity index (χ0n) is 25.1. The average Bonchev–Trinajstić information content (AvgIpc) is 2.93. The van der Waals surface area contributed by atoms with Crippen LogP contribution in [-0.2, 0) is 6.42 Å². The highest BCUT2D eigenvalue weighted by Gasteiger charge is 2.36. The smallest absolute Gasteiger partial charge is 0.133 e. The van der Waals surface area contributed by atoms with E-state index in [1.54, 1.807) is 12.1 Å². The quantitative estimate of drug-likeness (QED) is 0.361. The van der Waals surface area contributed by atoms with Crippen LogP contribution in [-0.4, -0.2) is 66.9 Å². The van der Waals surface area contributed by atoms with Crippen LogP contribution < -0.4 is 4.90 Å². The van der Waals surface area contributed by atoms with Gasteiger partial charge in [0.1, 0.15) is 23.6 Å². The minimum absolute atomic E-state index is 0.0386. The molecule has 3 aliphatic rings. The summed E-state index contributed by atoms with van der Waals surface area (Å²) in [6.07, 6.45) is 8.19. The van der Waals surface area contributed by atoms with Crippen molar-refractivity contribution in [2.45, 2.75) is 77.9 Å². The molecule has 2 fully saturated rings. The van der Waals surface area contributed by atoms with Gasteiger partial charge in [0.2, 0.25) is 0 Å². The molecule has 2 aromatic rings. The van der Waals surface area contributed by atoms with Crippen molar-refractivity contribution in [3.05, 3.63) is 71.3 Å². The molecule has 0 amide bonds. The number of hydrogen-bond donors (Lipinski definition) is 1. The van der Waals surface area contributed by atoms with Gasteiger partial charge in [-0.25, -0.2) is 13.2 Å². The molecule has 5 rings (SSSR count). The van der Waals surface area contributed by atoms with Crippen LogP contribution in [0.15, 0.2) is 43.0 Å². The van der Waals surface area contributed by atoms with E-state index in [4.69, 9.17) is 0 Å². The van der Waals surface area contributed by atoms with Gasteiger partial charge >= 0.3 is 0 Å². The Hall–Kier alpha value is -2.51. The number of phenols is 1. The van der Waals surface area contributed by atoms with Gasteiger partial charge in [-0.15, -0.1) is 6.58 Å². The molecule has 41 heavy (non-hydrogen) atoms. The maximum atomic E-state index is 15.9. The van der Waals surface area contributed by atoms with Crippen molar-refractivity contribution in [3.63, 3.8) is 0 Å². The number of phenolic OH excluding ortho intramolecular Hbond substituents is 1. The van der Waals surface area contributed by atoms with E-state index in [9.17, 15) is 9.50 Å². The standard InChI is InChI=1S/C32H42F3N3O.C2H6/c1-3-13-36-17-11-32(12-18-36)9-4-14-37(15-5-10-32)25-20-28(34)30(29(35)21-25)31-27-7-6-26(39)19-24(27)8-16-38(31)22-23(2)33;1-2/h3,6-7,19-21,23,31,39H,1,4-5,8-18,22H2,2H3;1-2H3. The lowest BCUT2D eigenvalue weighted by Gasteiger charge is -2.44. The van der Waals surface area contributed by atoms with E-state index in [-0.39, 0.29) is 17.9 Å². The zero-order chi connectivity index (χ0) is 29.6. The summed E-state index contributed by atoms with van der Waals surface area (Å²) in [6, 6.07) is 7.10. The summed E-state index contributed by atoms with van der Waals surface area (Å²) in [6.45, 7) is 14.7. The molecule has 0 aromatic heterocycles. The number of fused-ring (bicyclic) bond motifs is 1. The number of alkyl halides is 1. The van der Waals surface area contributed by atoms with E-state index in [0.717, 1.165) is 69.5 Å². The Bertz CT molecular complexity index is 1130. The minimum atomic E-state index is -1.13. The normalized spacial score (nSPS) is 22.2. The van der Waals surface area contributed by atoms with Crippen molar-refractivity contribution in [2.24, 2.45) is 5.41 Å². The molecule has 1 N–H and O–H groups in total. The molecule has 2 atom stereocenters. The van der Waals surface area contributed by atoms with Crippen LogP contribution in [0.4, 0.5) is 18.9 Å². The highest BCUT2D eigenvalue weighted by atomic mass is 19.1. The molecule has 7 heteroatoms. The first kappa shape index (κ1) is 31.4. The number of likely N-dealkylation sites (tertiary alicyclic amines) is 1. The fourth-order valence-corrected chi connectivity index (χ4v) is 7.22. The second-order valence-electron chi connectivity index (χ2n) is 11.9. The van der Waals surface area contributed by atoms with Crippen LogP contribution >= 0.6 is 0 Å².